The van der Waals surface area contributed by atoms with Gasteiger partial charge in [0.1, 0.15) is 5.82 Å². The Hall–Kier alpha value is -2.11. The van der Waals surface area contributed by atoms with E-state index in [4.69, 9.17) is 0 Å². The number of rotatable bonds is 3. The topological polar surface area (TPSA) is 35.6 Å². The van der Waals surface area contributed by atoms with E-state index in [0.29, 0.717) is 18.4 Å². The van der Waals surface area contributed by atoms with Crippen molar-refractivity contribution in [2.45, 2.75) is 19.5 Å². The number of urea groups is 1. The first-order valence-corrected chi connectivity index (χ1v) is 9.55. The Morgan fingerprint density at radius 1 is 1.14 bits per heavy atom. The Morgan fingerprint density at radius 3 is 2.61 bits per heavy atom. The third-order valence-corrected chi connectivity index (χ3v) is 5.94. The lowest BCUT2D eigenvalue weighted by atomic mass is 9.89. The largest absolute Gasteiger partial charge is 0.334 e. The van der Waals surface area contributed by atoms with Crippen LogP contribution in [0, 0.1) is 24.6 Å². The number of hydrogen-bond acceptors (Lipinski definition) is 2. The van der Waals surface area contributed by atoms with Gasteiger partial charge in [0.15, 0.2) is 0 Å². The standard InChI is InChI=1S/C22H26FN3O.ClH/c1-15-6-8-16(9-7-15)11-24-22(27)26-13-18-12-25(2)21(20(18)14-26)17-4-3-5-19(23)10-17;/h3-10,18,20-21H,11-14H2,1-2H3,(H,24,27);1H/t18-,20+,21-;/m0./s1. The second-order valence-electron chi connectivity index (χ2n) is 7.91. The number of nitrogens with zero attached hydrogens (tertiary/aromatic N) is 2. The van der Waals surface area contributed by atoms with Gasteiger partial charge in [-0.2, -0.15) is 0 Å². The molecule has 0 aliphatic carbocycles. The SMILES string of the molecule is Cc1ccc(CNC(=O)N2C[C@@H]3CN(C)[C@@H](c4cccc(F)c4)[C@@H]3C2)cc1.Cl. The summed E-state index contributed by atoms with van der Waals surface area (Å²) in [4.78, 5) is 16.9. The lowest BCUT2D eigenvalue weighted by Crippen LogP contribution is -2.40. The monoisotopic (exact) mass is 403 g/mol. The smallest absolute Gasteiger partial charge is 0.317 e. The molecule has 4 rings (SSSR count). The Labute approximate surface area is 172 Å². The molecule has 2 aliphatic rings. The fourth-order valence-electron chi connectivity index (χ4n) is 4.61. The molecule has 2 fully saturated rings. The van der Waals surface area contributed by atoms with Crippen LogP contribution < -0.4 is 5.32 Å². The minimum absolute atomic E-state index is 0. The summed E-state index contributed by atoms with van der Waals surface area (Å²) in [5, 5.41) is 3.04. The highest BCUT2D eigenvalue weighted by Crippen LogP contribution is 2.44. The van der Waals surface area contributed by atoms with Crippen molar-refractivity contribution in [2.24, 2.45) is 11.8 Å². The second kappa shape index (κ2) is 8.50. The maximum Gasteiger partial charge on any atom is 0.317 e. The zero-order valence-corrected chi connectivity index (χ0v) is 17.1. The first-order chi connectivity index (χ1) is 13.0. The van der Waals surface area contributed by atoms with Crippen molar-refractivity contribution in [2.75, 3.05) is 26.7 Å². The molecule has 2 aliphatic heterocycles. The van der Waals surface area contributed by atoms with Gasteiger partial charge < -0.3 is 10.2 Å². The van der Waals surface area contributed by atoms with Crippen LogP contribution in [0.5, 0.6) is 0 Å². The van der Waals surface area contributed by atoms with Gasteiger partial charge in [-0.3, -0.25) is 4.90 Å². The lowest BCUT2D eigenvalue weighted by Gasteiger charge is -2.27. The molecule has 2 saturated heterocycles. The first kappa shape index (κ1) is 20.6. The van der Waals surface area contributed by atoms with Gasteiger partial charge in [0.05, 0.1) is 0 Å². The number of amides is 2. The summed E-state index contributed by atoms with van der Waals surface area (Å²) in [5.74, 6) is 0.588. The molecule has 2 aromatic rings. The normalized spacial score (nSPS) is 24.0. The molecule has 0 spiro atoms. The average Bonchev–Trinajstić information content (AvgIpc) is 3.17. The van der Waals surface area contributed by atoms with Crippen molar-refractivity contribution in [3.05, 3.63) is 71.0 Å². The Balaban J connectivity index is 0.00000225. The second-order valence-corrected chi connectivity index (χ2v) is 7.91. The molecule has 0 saturated carbocycles. The van der Waals surface area contributed by atoms with Crippen LogP contribution in [0.3, 0.4) is 0 Å². The fourth-order valence-corrected chi connectivity index (χ4v) is 4.61. The van der Waals surface area contributed by atoms with E-state index in [9.17, 15) is 9.18 Å². The summed E-state index contributed by atoms with van der Waals surface area (Å²) >= 11 is 0. The van der Waals surface area contributed by atoms with Crippen molar-refractivity contribution >= 4 is 18.4 Å². The average molecular weight is 404 g/mol. The van der Waals surface area contributed by atoms with Crippen molar-refractivity contribution in [3.8, 4) is 0 Å². The zero-order chi connectivity index (χ0) is 19.0. The van der Waals surface area contributed by atoms with E-state index >= 15 is 0 Å². The number of carbonyl (C=O) groups is 1. The number of benzene rings is 2. The lowest BCUT2D eigenvalue weighted by molar-refractivity contribution is 0.193. The van der Waals surface area contributed by atoms with Crippen molar-refractivity contribution in [1.29, 1.82) is 0 Å². The summed E-state index contributed by atoms with van der Waals surface area (Å²) in [6, 6.07) is 15.2. The number of likely N-dealkylation sites (tertiary alicyclic amines) is 2. The van der Waals surface area contributed by atoms with E-state index in [1.165, 1.54) is 11.6 Å². The number of fused-ring (bicyclic) bond motifs is 1. The number of halogens is 2. The summed E-state index contributed by atoms with van der Waals surface area (Å²) in [5.41, 5.74) is 3.32. The van der Waals surface area contributed by atoms with Crippen molar-refractivity contribution < 1.29 is 9.18 Å². The molecule has 2 amide bonds. The molecule has 3 atom stereocenters. The van der Waals surface area contributed by atoms with Crippen LogP contribution in [-0.2, 0) is 6.54 Å². The quantitative estimate of drug-likeness (QED) is 0.840. The van der Waals surface area contributed by atoms with E-state index in [2.05, 4.69) is 36.3 Å². The third kappa shape index (κ3) is 4.15. The fraction of sp³-hybridized carbons (Fsp3) is 0.409. The maximum absolute atomic E-state index is 13.7. The van der Waals surface area contributed by atoms with E-state index < -0.39 is 0 Å². The molecule has 4 nitrogen and oxygen atoms in total. The Morgan fingerprint density at radius 2 is 1.89 bits per heavy atom. The zero-order valence-electron chi connectivity index (χ0n) is 16.3. The maximum atomic E-state index is 13.7. The van der Waals surface area contributed by atoms with Crippen LogP contribution >= 0.6 is 12.4 Å². The molecule has 2 aromatic carbocycles. The van der Waals surface area contributed by atoms with Crippen LogP contribution in [0.4, 0.5) is 9.18 Å². The summed E-state index contributed by atoms with van der Waals surface area (Å²) in [6.07, 6.45) is 0. The highest BCUT2D eigenvalue weighted by atomic mass is 35.5. The predicted octanol–water partition coefficient (Wildman–Crippen LogP) is 4.00. The van der Waals surface area contributed by atoms with Gasteiger partial charge in [0.25, 0.3) is 0 Å². The predicted molar refractivity (Wildman–Crippen MR) is 111 cm³/mol. The van der Waals surface area contributed by atoms with Crippen molar-refractivity contribution in [3.63, 3.8) is 0 Å². The van der Waals surface area contributed by atoms with Crippen molar-refractivity contribution in [1.82, 2.24) is 15.1 Å². The number of nitrogens with one attached hydrogen (secondary N) is 1. The highest BCUT2D eigenvalue weighted by molar-refractivity contribution is 5.85. The van der Waals surface area contributed by atoms with Crippen LogP contribution in [0.15, 0.2) is 48.5 Å². The number of carbonyl (C=O) groups excluding carboxylic acids is 1. The van der Waals surface area contributed by atoms with Gasteiger partial charge in [-0.1, -0.05) is 42.0 Å². The highest BCUT2D eigenvalue weighted by Gasteiger charge is 2.47. The molecule has 150 valence electrons. The van der Waals surface area contributed by atoms with Crippen LogP contribution in [-0.4, -0.2) is 42.5 Å². The van der Waals surface area contributed by atoms with Gasteiger partial charge in [-0.25, -0.2) is 9.18 Å². The van der Waals surface area contributed by atoms with Crippen LogP contribution in [0.1, 0.15) is 22.7 Å². The van der Waals surface area contributed by atoms with Gasteiger partial charge in [0, 0.05) is 38.1 Å². The number of aryl methyl sites for hydroxylation is 1. The van der Waals surface area contributed by atoms with E-state index in [-0.39, 0.29) is 30.3 Å². The first-order valence-electron chi connectivity index (χ1n) is 9.55. The van der Waals surface area contributed by atoms with Crippen LogP contribution in [0.25, 0.3) is 0 Å². The molecule has 0 aromatic heterocycles. The minimum Gasteiger partial charge on any atom is -0.334 e. The third-order valence-electron chi connectivity index (χ3n) is 5.94. The molecule has 0 radical (unpaired) electrons. The Kier molecular flexibility index (Phi) is 6.26. The summed E-state index contributed by atoms with van der Waals surface area (Å²) < 4.78 is 13.7. The molecule has 1 N–H and O–H groups in total. The van der Waals surface area contributed by atoms with E-state index in [1.54, 1.807) is 12.1 Å². The van der Waals surface area contributed by atoms with Gasteiger partial charge >= 0.3 is 6.03 Å². The minimum atomic E-state index is -0.199. The van der Waals surface area contributed by atoms with E-state index in [0.717, 1.165) is 30.8 Å². The van der Waals surface area contributed by atoms with Gasteiger partial charge in [-0.15, -0.1) is 12.4 Å². The molecule has 6 heteroatoms. The molecule has 0 bridgehead atoms. The van der Waals surface area contributed by atoms with Gasteiger partial charge in [-0.05, 0) is 43.1 Å². The molecular weight excluding hydrogens is 377 g/mol. The molecule has 0 unspecified atom stereocenters. The number of hydrogen-bond donors (Lipinski definition) is 1. The molecule has 2 heterocycles. The van der Waals surface area contributed by atoms with E-state index in [1.807, 2.05) is 23.1 Å². The molecular formula is C22H27ClFN3O. The van der Waals surface area contributed by atoms with Crippen LogP contribution in [0.2, 0.25) is 0 Å². The summed E-state index contributed by atoms with van der Waals surface area (Å²) in [6.45, 7) is 5.01. The Bertz CT molecular complexity index is 829. The summed E-state index contributed by atoms with van der Waals surface area (Å²) in [7, 11) is 2.09. The van der Waals surface area contributed by atoms with Gasteiger partial charge in [0.2, 0.25) is 0 Å². The molecule has 28 heavy (non-hydrogen) atoms.